The van der Waals surface area contributed by atoms with Crippen LogP contribution in [0.5, 0.6) is 0 Å². The molecule has 9 heteroatoms. The Kier molecular flexibility index (Phi) is 7.71. The van der Waals surface area contributed by atoms with E-state index in [2.05, 4.69) is 127 Å². The van der Waals surface area contributed by atoms with Crippen LogP contribution < -0.4 is 0 Å². The van der Waals surface area contributed by atoms with Crippen LogP contribution in [0, 0.1) is 0 Å². The largest absolute Gasteiger partial charge is 0.166 e. The van der Waals surface area contributed by atoms with Crippen LogP contribution in [0.15, 0.2) is 152 Å². The molecule has 2 aliphatic rings. The van der Waals surface area contributed by atoms with Crippen molar-refractivity contribution in [3.05, 3.63) is 139 Å². The van der Waals surface area contributed by atoms with Gasteiger partial charge in [0, 0.05) is 15.2 Å². The first-order valence-corrected chi connectivity index (χ1v) is 18.3. The second-order valence-corrected chi connectivity index (χ2v) is 16.1. The van der Waals surface area contributed by atoms with Gasteiger partial charge in [-0.15, -0.1) is 0 Å². The van der Waals surface area contributed by atoms with Crippen molar-refractivity contribution in [2.75, 3.05) is 0 Å². The molecule has 1 atom stereocenters. The molecule has 7 rings (SSSR count). The molecule has 1 saturated carbocycles. The van der Waals surface area contributed by atoms with E-state index in [0.29, 0.717) is 0 Å². The fourth-order valence-corrected chi connectivity index (χ4v) is 9.24. The average molecular weight is 659 g/mol. The molecular formula is C35H29F6PS2. The van der Waals surface area contributed by atoms with E-state index >= 15 is 0 Å². The number of hydrogen-bond acceptors (Lipinski definition) is 1. The fraction of sp³-hybridized carbons (Fsp3) is 0.143. The summed E-state index contributed by atoms with van der Waals surface area (Å²) in [7, 11) is -10.8. The van der Waals surface area contributed by atoms with E-state index in [9.17, 15) is 25.2 Å². The van der Waals surface area contributed by atoms with Gasteiger partial charge in [0.1, 0.15) is 0 Å². The number of rotatable bonds is 5. The first-order chi connectivity index (χ1) is 20.8. The van der Waals surface area contributed by atoms with Crippen LogP contribution in [0.3, 0.4) is 0 Å². The molecule has 1 spiro atoms. The summed E-state index contributed by atoms with van der Waals surface area (Å²) in [4.78, 5) is 6.73. The zero-order valence-corrected chi connectivity index (χ0v) is 26.0. The van der Waals surface area contributed by atoms with Crippen LogP contribution in [-0.4, -0.2) is 0 Å². The first kappa shape index (κ1) is 30.8. The quantitative estimate of drug-likeness (QED) is 0.103. The van der Waals surface area contributed by atoms with Crippen molar-refractivity contribution >= 4 is 30.5 Å². The van der Waals surface area contributed by atoms with Crippen LogP contribution in [0.1, 0.15) is 36.8 Å². The van der Waals surface area contributed by atoms with Gasteiger partial charge in [0.05, 0.1) is 10.9 Å². The predicted octanol–water partition coefficient (Wildman–Crippen LogP) is 13.2. The molecule has 2 aliphatic carbocycles. The second kappa shape index (κ2) is 11.0. The third-order valence-electron chi connectivity index (χ3n) is 7.95. The van der Waals surface area contributed by atoms with Crippen molar-refractivity contribution in [1.29, 1.82) is 0 Å². The summed E-state index contributed by atoms with van der Waals surface area (Å²) in [6.45, 7) is 0. The Morgan fingerprint density at radius 2 is 0.977 bits per heavy atom. The summed E-state index contributed by atoms with van der Waals surface area (Å²) in [5, 5.41) is 0. The number of benzene rings is 5. The number of hydrogen-bond donors (Lipinski definition) is 0. The van der Waals surface area contributed by atoms with E-state index in [1.165, 1.54) is 61.3 Å². The van der Waals surface area contributed by atoms with E-state index < -0.39 is 7.81 Å². The van der Waals surface area contributed by atoms with E-state index in [-0.39, 0.29) is 16.3 Å². The smallest absolute Gasteiger partial charge is 0.0901 e. The molecule has 5 aromatic carbocycles. The van der Waals surface area contributed by atoms with Gasteiger partial charge >= 0.3 is 33.0 Å². The summed E-state index contributed by atoms with van der Waals surface area (Å²) < 4.78 is 59.2. The molecule has 0 heterocycles. The first-order valence-electron chi connectivity index (χ1n) is 14.2. The molecule has 1 fully saturated rings. The molecule has 0 bridgehead atoms. The van der Waals surface area contributed by atoms with Crippen molar-refractivity contribution < 1.29 is 25.2 Å². The minimum atomic E-state index is -10.7. The molecule has 228 valence electrons. The van der Waals surface area contributed by atoms with Gasteiger partial charge in [-0.05, 0) is 102 Å². The van der Waals surface area contributed by atoms with Crippen LogP contribution in [0.25, 0.3) is 11.1 Å². The molecule has 5 aromatic rings. The van der Waals surface area contributed by atoms with Crippen molar-refractivity contribution in [3.8, 4) is 11.1 Å². The Morgan fingerprint density at radius 1 is 0.500 bits per heavy atom. The molecule has 44 heavy (non-hydrogen) atoms. The van der Waals surface area contributed by atoms with Gasteiger partial charge in [-0.2, -0.15) is 0 Å². The van der Waals surface area contributed by atoms with Gasteiger partial charge in [-0.3, -0.25) is 0 Å². The van der Waals surface area contributed by atoms with Crippen molar-refractivity contribution in [1.82, 2.24) is 0 Å². The average Bonchev–Trinajstić information content (AvgIpc) is 3.58. The monoisotopic (exact) mass is 658 g/mol. The second-order valence-electron chi connectivity index (χ2n) is 11.0. The summed E-state index contributed by atoms with van der Waals surface area (Å²) in [5.74, 6) is 0. The summed E-state index contributed by atoms with van der Waals surface area (Å²) >= 11 is 1.82. The molecule has 1 unspecified atom stereocenters. The Hall–Kier alpha value is -3.19. The summed E-state index contributed by atoms with van der Waals surface area (Å²) in [6.07, 6.45) is 5.18. The molecular weight excluding hydrogens is 629 g/mol. The van der Waals surface area contributed by atoms with Crippen molar-refractivity contribution in [2.45, 2.75) is 55.6 Å². The number of fused-ring (bicyclic) bond motifs is 5. The fourth-order valence-electron chi connectivity index (χ4n) is 6.31. The van der Waals surface area contributed by atoms with Gasteiger partial charge in [0.2, 0.25) is 0 Å². The summed E-state index contributed by atoms with van der Waals surface area (Å²) in [5.41, 5.74) is 6.22. The third-order valence-corrected chi connectivity index (χ3v) is 11.2. The normalized spacial score (nSPS) is 17.0. The molecule has 0 aromatic heterocycles. The maximum Gasteiger partial charge on any atom is 0.166 e. The van der Waals surface area contributed by atoms with Crippen molar-refractivity contribution in [3.63, 3.8) is 0 Å². The van der Waals surface area contributed by atoms with E-state index in [0.717, 1.165) is 0 Å². The Morgan fingerprint density at radius 3 is 1.61 bits per heavy atom. The molecule has 0 radical (unpaired) electrons. The minimum Gasteiger partial charge on any atom is -0.0901 e. The van der Waals surface area contributed by atoms with Gasteiger partial charge in [0.15, 0.2) is 14.7 Å². The predicted molar refractivity (Wildman–Crippen MR) is 170 cm³/mol. The van der Waals surface area contributed by atoms with Gasteiger partial charge in [-0.25, -0.2) is 0 Å². The van der Waals surface area contributed by atoms with Crippen molar-refractivity contribution in [2.24, 2.45) is 0 Å². The van der Waals surface area contributed by atoms with Gasteiger partial charge in [0.25, 0.3) is 0 Å². The molecule has 0 saturated heterocycles. The third kappa shape index (κ3) is 7.20. The Balaban J connectivity index is 0.000000441. The standard InChI is InChI=1S/C35H29S2.F6P/c1-3-11-26(12-4-1)36-27-17-19-29(20-18-27)37(28-13-5-2-6-14-28)30-21-22-32-31-15-7-8-16-33(31)35(34(32)25-30)23-9-10-24-35;1-7(2,3,4,5)6/h1-8,11-22,25H,9-10,23-24H2;/q+1;-1. The molecule has 0 nitrogen and oxygen atoms in total. The van der Waals surface area contributed by atoms with Gasteiger partial charge < -0.3 is 0 Å². The van der Waals surface area contributed by atoms with E-state index in [4.69, 9.17) is 0 Å². The van der Waals surface area contributed by atoms with E-state index in [1.807, 2.05) is 11.8 Å². The Labute approximate surface area is 260 Å². The van der Waals surface area contributed by atoms with Crippen LogP contribution in [0.4, 0.5) is 25.2 Å². The van der Waals surface area contributed by atoms with Gasteiger partial charge in [-0.1, -0.05) is 85.3 Å². The minimum absolute atomic E-state index is 0.153. The Bertz CT molecular complexity index is 1760. The molecule has 0 aliphatic heterocycles. The summed E-state index contributed by atoms with van der Waals surface area (Å²) in [6, 6.07) is 47.5. The SMILES string of the molecule is F[P-](F)(F)(F)(F)F.c1ccc(Sc2ccc([S+](c3ccccc3)c3ccc4c(c3)C3(CCCC3)c3ccccc3-4)cc2)cc1. The zero-order chi connectivity index (χ0) is 31.1. The zero-order valence-electron chi connectivity index (χ0n) is 23.5. The maximum absolute atomic E-state index is 10.7. The van der Waals surface area contributed by atoms with E-state index in [1.54, 1.807) is 11.1 Å². The molecule has 0 N–H and O–H groups in total. The number of halogens is 6. The topological polar surface area (TPSA) is 0 Å². The van der Waals surface area contributed by atoms with Crippen LogP contribution in [-0.2, 0) is 16.3 Å². The molecule has 0 amide bonds. The maximum atomic E-state index is 9.87. The van der Waals surface area contributed by atoms with Crippen LogP contribution >= 0.6 is 19.6 Å². The van der Waals surface area contributed by atoms with Crippen LogP contribution in [0.2, 0.25) is 0 Å².